The molecule has 5 nitrogen and oxygen atoms in total. The number of pyridine rings is 1. The highest BCUT2D eigenvalue weighted by atomic mass is 16.2. The second-order valence-corrected chi connectivity index (χ2v) is 7.84. The zero-order chi connectivity index (χ0) is 19.3. The van der Waals surface area contributed by atoms with Crippen molar-refractivity contribution in [2.24, 2.45) is 0 Å². The fourth-order valence-electron chi connectivity index (χ4n) is 4.21. The molecule has 1 N–H and O–H groups in total. The summed E-state index contributed by atoms with van der Waals surface area (Å²) < 4.78 is 0. The molecular formula is C23H27N3O2. The topological polar surface area (TPSA) is 62.3 Å². The van der Waals surface area contributed by atoms with Crippen molar-refractivity contribution in [1.29, 1.82) is 0 Å². The number of rotatable bonds is 3. The Morgan fingerprint density at radius 3 is 2.54 bits per heavy atom. The number of nitrogens with zero attached hydrogens (tertiary/aromatic N) is 2. The summed E-state index contributed by atoms with van der Waals surface area (Å²) >= 11 is 0. The minimum absolute atomic E-state index is 0.104. The van der Waals surface area contributed by atoms with E-state index < -0.39 is 0 Å². The normalized spacial score (nSPS) is 17.5. The van der Waals surface area contributed by atoms with Crippen LogP contribution in [0.1, 0.15) is 70.5 Å². The number of carbonyl (C=O) groups excluding carboxylic acids is 2. The van der Waals surface area contributed by atoms with E-state index in [1.807, 2.05) is 17.0 Å². The van der Waals surface area contributed by atoms with Gasteiger partial charge in [0.1, 0.15) is 5.69 Å². The first kappa shape index (κ1) is 18.7. The summed E-state index contributed by atoms with van der Waals surface area (Å²) in [5, 5.41) is 3.14. The zero-order valence-corrected chi connectivity index (χ0v) is 16.2. The standard InChI is InChI=1S/C23H27N3O2/c27-22(25-20-9-3-1-2-4-10-20)18-11-13-24-21(15-18)23(28)26-14-12-17-7-5-6-8-19(17)16-26/h5-8,11,13,15,20H,1-4,9-10,12,14,16H2,(H,25,27). The Morgan fingerprint density at radius 1 is 1.00 bits per heavy atom. The molecule has 1 aliphatic heterocycles. The second-order valence-electron chi connectivity index (χ2n) is 7.84. The minimum atomic E-state index is -0.112. The lowest BCUT2D eigenvalue weighted by Crippen LogP contribution is -2.37. The number of nitrogens with one attached hydrogen (secondary N) is 1. The third-order valence-electron chi connectivity index (χ3n) is 5.85. The summed E-state index contributed by atoms with van der Waals surface area (Å²) in [5.41, 5.74) is 3.34. The lowest BCUT2D eigenvalue weighted by atomic mass is 9.99. The van der Waals surface area contributed by atoms with E-state index in [-0.39, 0.29) is 17.9 Å². The van der Waals surface area contributed by atoms with Crippen LogP contribution in [0.25, 0.3) is 0 Å². The van der Waals surface area contributed by atoms with Crippen molar-refractivity contribution < 1.29 is 9.59 Å². The molecule has 2 heterocycles. The molecule has 146 valence electrons. The van der Waals surface area contributed by atoms with Gasteiger partial charge in [0.15, 0.2) is 0 Å². The molecule has 2 amide bonds. The smallest absolute Gasteiger partial charge is 0.272 e. The van der Waals surface area contributed by atoms with Gasteiger partial charge in [0.25, 0.3) is 11.8 Å². The van der Waals surface area contributed by atoms with Gasteiger partial charge in [0.05, 0.1) is 0 Å². The van der Waals surface area contributed by atoms with Gasteiger partial charge in [-0.3, -0.25) is 14.6 Å². The van der Waals surface area contributed by atoms with Gasteiger partial charge in [0.2, 0.25) is 0 Å². The number of aromatic nitrogens is 1. The van der Waals surface area contributed by atoms with Crippen LogP contribution in [0.4, 0.5) is 0 Å². The quantitative estimate of drug-likeness (QED) is 0.829. The highest BCUT2D eigenvalue weighted by molar-refractivity contribution is 5.98. The van der Waals surface area contributed by atoms with Gasteiger partial charge in [-0.2, -0.15) is 0 Å². The van der Waals surface area contributed by atoms with E-state index in [2.05, 4.69) is 22.4 Å². The maximum absolute atomic E-state index is 13.0. The van der Waals surface area contributed by atoms with Crippen LogP contribution < -0.4 is 5.32 Å². The molecule has 28 heavy (non-hydrogen) atoms. The van der Waals surface area contributed by atoms with E-state index in [1.54, 1.807) is 18.3 Å². The number of hydrogen-bond acceptors (Lipinski definition) is 3. The van der Waals surface area contributed by atoms with Gasteiger partial charge < -0.3 is 10.2 Å². The van der Waals surface area contributed by atoms with E-state index in [0.29, 0.717) is 24.3 Å². The number of hydrogen-bond donors (Lipinski definition) is 1. The molecule has 1 saturated carbocycles. The molecule has 0 atom stereocenters. The molecular weight excluding hydrogens is 350 g/mol. The first-order valence-corrected chi connectivity index (χ1v) is 10.3. The Kier molecular flexibility index (Phi) is 5.70. The summed E-state index contributed by atoms with van der Waals surface area (Å²) in [7, 11) is 0. The van der Waals surface area contributed by atoms with Gasteiger partial charge in [-0.15, -0.1) is 0 Å². The maximum atomic E-state index is 13.0. The van der Waals surface area contributed by atoms with Crippen molar-refractivity contribution in [2.45, 2.75) is 57.5 Å². The molecule has 0 spiro atoms. The number of carbonyl (C=O) groups is 2. The van der Waals surface area contributed by atoms with Crippen LogP contribution in [0.3, 0.4) is 0 Å². The van der Waals surface area contributed by atoms with Crippen molar-refractivity contribution in [2.75, 3.05) is 6.54 Å². The van der Waals surface area contributed by atoms with Crippen molar-refractivity contribution >= 4 is 11.8 Å². The van der Waals surface area contributed by atoms with Crippen LogP contribution in [-0.4, -0.2) is 34.3 Å². The average Bonchev–Trinajstić information content (AvgIpc) is 3.01. The Labute approximate surface area is 166 Å². The highest BCUT2D eigenvalue weighted by Gasteiger charge is 2.23. The molecule has 2 aliphatic rings. The van der Waals surface area contributed by atoms with Crippen LogP contribution in [0.5, 0.6) is 0 Å². The Bertz CT molecular complexity index is 856. The van der Waals surface area contributed by atoms with E-state index >= 15 is 0 Å². The van der Waals surface area contributed by atoms with Crippen LogP contribution in [-0.2, 0) is 13.0 Å². The van der Waals surface area contributed by atoms with Gasteiger partial charge in [-0.1, -0.05) is 49.9 Å². The first-order chi connectivity index (χ1) is 13.7. The monoisotopic (exact) mass is 377 g/mol. The lowest BCUT2D eigenvalue weighted by Gasteiger charge is -2.28. The molecule has 5 heteroatoms. The molecule has 1 aromatic carbocycles. The van der Waals surface area contributed by atoms with Crippen molar-refractivity contribution in [3.05, 3.63) is 65.0 Å². The molecule has 2 aromatic rings. The highest BCUT2D eigenvalue weighted by Crippen LogP contribution is 2.21. The van der Waals surface area contributed by atoms with E-state index in [0.717, 1.165) is 19.3 Å². The average molecular weight is 377 g/mol. The molecule has 1 aromatic heterocycles. The summed E-state index contributed by atoms with van der Waals surface area (Å²) in [6, 6.07) is 11.8. The van der Waals surface area contributed by atoms with E-state index in [9.17, 15) is 9.59 Å². The molecule has 0 bridgehead atoms. The second kappa shape index (κ2) is 8.55. The van der Waals surface area contributed by atoms with Gasteiger partial charge in [-0.25, -0.2) is 0 Å². The fourth-order valence-corrected chi connectivity index (χ4v) is 4.21. The van der Waals surface area contributed by atoms with Crippen molar-refractivity contribution in [1.82, 2.24) is 15.2 Å². The zero-order valence-electron chi connectivity index (χ0n) is 16.2. The first-order valence-electron chi connectivity index (χ1n) is 10.3. The van der Waals surface area contributed by atoms with Crippen LogP contribution in [0.15, 0.2) is 42.6 Å². The Hall–Kier alpha value is -2.69. The van der Waals surface area contributed by atoms with Gasteiger partial charge >= 0.3 is 0 Å². The minimum Gasteiger partial charge on any atom is -0.349 e. The van der Waals surface area contributed by atoms with Gasteiger partial charge in [-0.05, 0) is 42.5 Å². The number of benzene rings is 1. The predicted octanol–water partition coefficient (Wildman–Crippen LogP) is 3.73. The molecule has 1 aliphatic carbocycles. The van der Waals surface area contributed by atoms with Crippen molar-refractivity contribution in [3.63, 3.8) is 0 Å². The van der Waals surface area contributed by atoms with E-state index in [1.165, 1.54) is 36.8 Å². The maximum Gasteiger partial charge on any atom is 0.272 e. The third-order valence-corrected chi connectivity index (χ3v) is 5.85. The summed E-state index contributed by atoms with van der Waals surface area (Å²) in [6.45, 7) is 1.27. The summed E-state index contributed by atoms with van der Waals surface area (Å²) in [6.07, 6.45) is 9.32. The van der Waals surface area contributed by atoms with Crippen LogP contribution in [0, 0.1) is 0 Å². The number of amides is 2. The molecule has 0 radical (unpaired) electrons. The fraction of sp³-hybridized carbons (Fsp3) is 0.435. The Balaban J connectivity index is 1.44. The predicted molar refractivity (Wildman–Crippen MR) is 108 cm³/mol. The largest absolute Gasteiger partial charge is 0.349 e. The SMILES string of the molecule is O=C(NC1CCCCCC1)c1ccnc(C(=O)N2CCc3ccccc3C2)c1. The van der Waals surface area contributed by atoms with Crippen LogP contribution in [0.2, 0.25) is 0 Å². The molecule has 0 unspecified atom stereocenters. The molecule has 1 fully saturated rings. The lowest BCUT2D eigenvalue weighted by molar-refractivity contribution is 0.0728. The van der Waals surface area contributed by atoms with Crippen LogP contribution >= 0.6 is 0 Å². The third kappa shape index (κ3) is 4.24. The van der Waals surface area contributed by atoms with Crippen molar-refractivity contribution in [3.8, 4) is 0 Å². The molecule has 0 saturated heterocycles. The summed E-state index contributed by atoms with van der Waals surface area (Å²) in [4.78, 5) is 31.7. The number of fused-ring (bicyclic) bond motifs is 1. The Morgan fingerprint density at radius 2 is 1.75 bits per heavy atom. The van der Waals surface area contributed by atoms with E-state index in [4.69, 9.17) is 0 Å². The van der Waals surface area contributed by atoms with Gasteiger partial charge in [0, 0.05) is 30.9 Å². The summed E-state index contributed by atoms with van der Waals surface area (Å²) in [5.74, 6) is -0.217. The molecule has 4 rings (SSSR count).